The third kappa shape index (κ3) is 2.99. The largest absolute Gasteiger partial charge is 0.481 e. The number of pyridine rings is 1. The minimum atomic E-state index is 0.0973. The second-order valence-corrected chi connectivity index (χ2v) is 3.72. The number of hydrogen-bond donors (Lipinski definition) is 1. The summed E-state index contributed by atoms with van der Waals surface area (Å²) in [6.07, 6.45) is 2.20. The summed E-state index contributed by atoms with van der Waals surface area (Å²) in [6, 6.07) is 11.1. The van der Waals surface area contributed by atoms with Crippen LogP contribution in [0.5, 0.6) is 17.4 Å². The number of aliphatic hydroxyl groups is 1. The fourth-order valence-corrected chi connectivity index (χ4v) is 1.62. The summed E-state index contributed by atoms with van der Waals surface area (Å²) in [5.41, 5.74) is 0.968. The molecule has 4 nitrogen and oxygen atoms in total. The first kappa shape index (κ1) is 12.4. The van der Waals surface area contributed by atoms with E-state index in [1.807, 2.05) is 24.3 Å². The van der Waals surface area contributed by atoms with Gasteiger partial charge in [-0.2, -0.15) is 0 Å². The summed E-state index contributed by atoms with van der Waals surface area (Å²) in [5, 5.41) is 9.01. The van der Waals surface area contributed by atoms with Crippen LogP contribution in [-0.4, -0.2) is 23.8 Å². The van der Waals surface area contributed by atoms with Crippen LogP contribution in [0.4, 0.5) is 0 Å². The maximum absolute atomic E-state index is 9.01. The summed E-state index contributed by atoms with van der Waals surface area (Å²) in [6.45, 7) is 0.0973. The normalized spacial score (nSPS) is 10.1. The summed E-state index contributed by atoms with van der Waals surface area (Å²) in [7, 11) is 1.56. The Hall–Kier alpha value is -2.07. The molecule has 0 saturated heterocycles. The van der Waals surface area contributed by atoms with Gasteiger partial charge in [0.05, 0.1) is 7.11 Å². The second kappa shape index (κ2) is 6.02. The van der Waals surface area contributed by atoms with Crippen molar-refractivity contribution in [3.8, 4) is 17.4 Å². The van der Waals surface area contributed by atoms with Gasteiger partial charge in [-0.3, -0.25) is 0 Å². The second-order valence-electron chi connectivity index (χ2n) is 3.72. The molecule has 0 aliphatic carbocycles. The third-order valence-electron chi connectivity index (χ3n) is 2.50. The number of benzene rings is 1. The van der Waals surface area contributed by atoms with Gasteiger partial charge in [0.15, 0.2) is 0 Å². The van der Waals surface area contributed by atoms with Crippen LogP contribution in [0.3, 0.4) is 0 Å². The highest BCUT2D eigenvalue weighted by Crippen LogP contribution is 2.26. The van der Waals surface area contributed by atoms with Crippen molar-refractivity contribution in [2.24, 2.45) is 0 Å². The van der Waals surface area contributed by atoms with Crippen LogP contribution in [-0.2, 0) is 6.42 Å². The molecule has 2 aromatic rings. The van der Waals surface area contributed by atoms with Gasteiger partial charge in [-0.1, -0.05) is 18.2 Å². The number of aromatic nitrogens is 1. The van der Waals surface area contributed by atoms with Crippen LogP contribution in [0.15, 0.2) is 42.6 Å². The van der Waals surface area contributed by atoms with Gasteiger partial charge < -0.3 is 14.6 Å². The van der Waals surface area contributed by atoms with Crippen LogP contribution < -0.4 is 9.47 Å². The molecule has 94 valence electrons. The SMILES string of the molecule is COc1cc(Oc2ccccc2CCO)ccn1. The molecule has 0 aliphatic heterocycles. The zero-order valence-corrected chi connectivity index (χ0v) is 10.2. The molecule has 0 bridgehead atoms. The third-order valence-corrected chi connectivity index (χ3v) is 2.50. The van der Waals surface area contributed by atoms with E-state index in [1.165, 1.54) is 0 Å². The molecule has 0 radical (unpaired) electrons. The first-order valence-electron chi connectivity index (χ1n) is 5.70. The van der Waals surface area contributed by atoms with Gasteiger partial charge >= 0.3 is 0 Å². The first-order chi connectivity index (χ1) is 8.83. The van der Waals surface area contributed by atoms with Crippen LogP contribution >= 0.6 is 0 Å². The highest BCUT2D eigenvalue weighted by molar-refractivity contribution is 5.38. The molecule has 4 heteroatoms. The zero-order chi connectivity index (χ0) is 12.8. The average Bonchev–Trinajstić information content (AvgIpc) is 2.41. The molecule has 2 rings (SSSR count). The maximum Gasteiger partial charge on any atom is 0.216 e. The van der Waals surface area contributed by atoms with Gasteiger partial charge in [0, 0.05) is 18.9 Å². The molecule has 1 N–H and O–H groups in total. The standard InChI is InChI=1S/C14H15NO3/c1-17-14-10-12(6-8-15-14)18-13-5-3-2-4-11(13)7-9-16/h2-6,8,10,16H,7,9H2,1H3. The minimum absolute atomic E-state index is 0.0973. The Morgan fingerprint density at radius 1 is 1.22 bits per heavy atom. The highest BCUT2D eigenvalue weighted by atomic mass is 16.5. The van der Waals surface area contributed by atoms with Gasteiger partial charge in [0.25, 0.3) is 0 Å². The van der Waals surface area contributed by atoms with E-state index in [0.717, 1.165) is 11.3 Å². The summed E-state index contributed by atoms with van der Waals surface area (Å²) in [4.78, 5) is 4.02. The highest BCUT2D eigenvalue weighted by Gasteiger charge is 2.05. The number of rotatable bonds is 5. The summed E-state index contributed by atoms with van der Waals surface area (Å²) < 4.78 is 10.8. The molecule has 0 spiro atoms. The predicted molar refractivity (Wildman–Crippen MR) is 68.1 cm³/mol. The van der Waals surface area contributed by atoms with Crippen molar-refractivity contribution in [1.29, 1.82) is 0 Å². The van der Waals surface area contributed by atoms with Gasteiger partial charge in [0.1, 0.15) is 11.5 Å². The predicted octanol–water partition coefficient (Wildman–Crippen LogP) is 2.42. The van der Waals surface area contributed by atoms with E-state index in [-0.39, 0.29) is 6.61 Å². The van der Waals surface area contributed by atoms with Crippen molar-refractivity contribution in [2.75, 3.05) is 13.7 Å². The van der Waals surface area contributed by atoms with Gasteiger partial charge in [-0.25, -0.2) is 4.98 Å². The van der Waals surface area contributed by atoms with Crippen LogP contribution in [0, 0.1) is 0 Å². The molecule has 0 saturated carbocycles. The van der Waals surface area contributed by atoms with Gasteiger partial charge in [-0.15, -0.1) is 0 Å². The number of ether oxygens (including phenoxy) is 2. The van der Waals surface area contributed by atoms with E-state index in [1.54, 1.807) is 25.4 Å². The Morgan fingerprint density at radius 2 is 2.06 bits per heavy atom. The maximum atomic E-state index is 9.01. The summed E-state index contributed by atoms with van der Waals surface area (Å²) >= 11 is 0. The van der Waals surface area contributed by atoms with E-state index in [0.29, 0.717) is 18.1 Å². The molecule has 0 fully saturated rings. The molecule has 18 heavy (non-hydrogen) atoms. The Kier molecular flexibility index (Phi) is 4.15. The summed E-state index contributed by atoms with van der Waals surface area (Å²) in [5.74, 6) is 1.90. The van der Waals surface area contributed by atoms with Crippen LogP contribution in [0.1, 0.15) is 5.56 Å². The molecule has 1 aromatic heterocycles. The minimum Gasteiger partial charge on any atom is -0.481 e. The first-order valence-corrected chi connectivity index (χ1v) is 5.70. The Balaban J connectivity index is 2.22. The molecule has 1 aromatic carbocycles. The van der Waals surface area contributed by atoms with E-state index in [4.69, 9.17) is 14.6 Å². The Bertz CT molecular complexity index is 514. The van der Waals surface area contributed by atoms with E-state index in [2.05, 4.69) is 4.98 Å². The van der Waals surface area contributed by atoms with E-state index < -0.39 is 0 Å². The topological polar surface area (TPSA) is 51.6 Å². The number of aliphatic hydroxyl groups excluding tert-OH is 1. The molecular formula is C14H15NO3. The van der Waals surface area contributed by atoms with Crippen LogP contribution in [0.2, 0.25) is 0 Å². The van der Waals surface area contributed by atoms with Crippen molar-refractivity contribution < 1.29 is 14.6 Å². The number of para-hydroxylation sites is 1. The smallest absolute Gasteiger partial charge is 0.216 e. The fourth-order valence-electron chi connectivity index (χ4n) is 1.62. The molecule has 0 unspecified atom stereocenters. The Morgan fingerprint density at radius 3 is 2.83 bits per heavy atom. The lowest BCUT2D eigenvalue weighted by atomic mass is 10.1. The number of hydrogen-bond acceptors (Lipinski definition) is 4. The molecular weight excluding hydrogens is 230 g/mol. The Labute approximate surface area is 106 Å². The van der Waals surface area contributed by atoms with E-state index in [9.17, 15) is 0 Å². The van der Waals surface area contributed by atoms with Crippen molar-refractivity contribution >= 4 is 0 Å². The lowest BCUT2D eigenvalue weighted by Crippen LogP contribution is -1.95. The molecule has 1 heterocycles. The van der Waals surface area contributed by atoms with Crippen molar-refractivity contribution in [3.05, 3.63) is 48.2 Å². The van der Waals surface area contributed by atoms with Crippen molar-refractivity contribution in [1.82, 2.24) is 4.98 Å². The number of methoxy groups -OCH3 is 1. The quantitative estimate of drug-likeness (QED) is 0.879. The van der Waals surface area contributed by atoms with Gasteiger partial charge in [0.2, 0.25) is 5.88 Å². The zero-order valence-electron chi connectivity index (χ0n) is 10.2. The molecule has 0 aliphatic rings. The van der Waals surface area contributed by atoms with Gasteiger partial charge in [-0.05, 0) is 24.1 Å². The number of nitrogens with zero attached hydrogens (tertiary/aromatic N) is 1. The van der Waals surface area contributed by atoms with Crippen molar-refractivity contribution in [2.45, 2.75) is 6.42 Å². The average molecular weight is 245 g/mol. The monoisotopic (exact) mass is 245 g/mol. The molecule has 0 amide bonds. The lowest BCUT2D eigenvalue weighted by Gasteiger charge is -2.10. The van der Waals surface area contributed by atoms with E-state index >= 15 is 0 Å². The van der Waals surface area contributed by atoms with Crippen LogP contribution in [0.25, 0.3) is 0 Å². The van der Waals surface area contributed by atoms with Crippen molar-refractivity contribution in [3.63, 3.8) is 0 Å². The lowest BCUT2D eigenvalue weighted by molar-refractivity contribution is 0.298. The fraction of sp³-hybridized carbons (Fsp3) is 0.214. The molecule has 0 atom stereocenters.